The van der Waals surface area contributed by atoms with Crippen LogP contribution in [-0.2, 0) is 37.9 Å². The lowest BCUT2D eigenvalue weighted by atomic mass is 9.92. The molecule has 0 aromatic heterocycles. The zero-order valence-electron chi connectivity index (χ0n) is 98.7. The fourth-order valence-electron chi connectivity index (χ4n) is 19.8. The van der Waals surface area contributed by atoms with E-state index in [0.29, 0.717) is 93.3 Å². The van der Waals surface area contributed by atoms with Crippen LogP contribution in [0.3, 0.4) is 0 Å². The second-order valence-electron chi connectivity index (χ2n) is 45.4. The molecular weight excluding hydrogens is 1950 g/mol. The predicted octanol–water partition coefficient (Wildman–Crippen LogP) is 47.4. The Bertz CT molecular complexity index is 2210. The normalized spacial score (nSPS) is 11.6. The average Bonchev–Trinajstić information content (AvgIpc) is 0.855. The summed E-state index contributed by atoms with van der Waals surface area (Å²) in [5.41, 5.74) is -1.33. The molecule has 0 rings (SSSR count). The van der Waals surface area contributed by atoms with E-state index in [1.807, 2.05) is 0 Å². The first kappa shape index (κ1) is 147. The van der Waals surface area contributed by atoms with Crippen molar-refractivity contribution in [1.29, 1.82) is 0 Å². The van der Waals surface area contributed by atoms with Gasteiger partial charge in [0.15, 0.2) is 40.4 Å². The molecule has 0 saturated carbocycles. The lowest BCUT2D eigenvalue weighted by Gasteiger charge is -2.33. The number of hydrogen-bond acceptors (Lipinski definition) is 16. The van der Waals surface area contributed by atoms with Crippen molar-refractivity contribution in [2.24, 2.45) is 10.8 Å². The van der Waals surface area contributed by atoms with Gasteiger partial charge in [-0.2, -0.15) is 0 Å². The van der Waals surface area contributed by atoms with Gasteiger partial charge in [-0.05, 0) is 149 Å². The molecule has 0 atom stereocenters. The molecule has 0 aromatic carbocycles. The zero-order valence-corrected chi connectivity index (χ0v) is 105. The molecule has 0 aliphatic rings. The molecule has 0 unspecified atom stereocenters. The summed E-state index contributed by atoms with van der Waals surface area (Å²) in [5, 5.41) is 5.29. The maximum atomic E-state index is 6.50. The van der Waals surface area contributed by atoms with Crippen LogP contribution in [0, 0.1) is 10.8 Å². The van der Waals surface area contributed by atoms with Crippen LogP contribution in [0.5, 0.6) is 0 Å². The predicted molar refractivity (Wildman–Crippen MR) is 679 cm³/mol. The number of ether oxygens (including phenoxy) is 8. The highest BCUT2D eigenvalue weighted by Crippen LogP contribution is 2.30. The summed E-state index contributed by atoms with van der Waals surface area (Å²) in [6, 6.07) is 0. The van der Waals surface area contributed by atoms with Crippen molar-refractivity contribution in [3.63, 3.8) is 0 Å². The van der Waals surface area contributed by atoms with E-state index in [2.05, 4.69) is 55.4 Å². The van der Waals surface area contributed by atoms with Crippen molar-refractivity contribution in [3.05, 3.63) is 0 Å². The van der Waals surface area contributed by atoms with Gasteiger partial charge in [0.25, 0.3) is 0 Å². The fraction of sp³-hybridized carbons (Fsp3) is 0.938. The molecule has 0 N–H and O–H groups in total. The Morgan fingerprint density at radius 1 is 0.103 bits per heavy atom. The highest BCUT2D eigenvalue weighted by atomic mass is 32.1. The van der Waals surface area contributed by atoms with E-state index in [4.69, 9.17) is 136 Å². The first-order valence-electron chi connectivity index (χ1n) is 64.9. The average molecular weight is 2200 g/mol. The minimum atomic E-state index is -0.664. The van der Waals surface area contributed by atoms with Gasteiger partial charge in [-0.1, -0.05) is 620 Å². The lowest BCUT2D eigenvalue weighted by molar-refractivity contribution is -0.0165. The van der Waals surface area contributed by atoms with Crippen LogP contribution >= 0.6 is 97.7 Å². The smallest absolute Gasteiger partial charge is 0.159 e. The van der Waals surface area contributed by atoms with Gasteiger partial charge in [0.1, 0.15) is 63.7 Å². The first-order valence-corrected chi connectivity index (χ1v) is 68.2. The van der Waals surface area contributed by atoms with Gasteiger partial charge in [0.2, 0.25) is 0 Å². The van der Waals surface area contributed by atoms with E-state index in [-0.39, 0.29) is 0 Å². The Balaban J connectivity index is 0. The molecule has 0 aromatic rings. The summed E-state index contributed by atoms with van der Waals surface area (Å²) in [6.45, 7) is 21.0. The second kappa shape index (κ2) is 123. The molecule has 0 aliphatic heterocycles. The highest BCUT2D eigenvalue weighted by molar-refractivity contribution is 7.81. The van der Waals surface area contributed by atoms with Gasteiger partial charge in [-0.3, -0.25) is 0 Å². The van der Waals surface area contributed by atoms with Crippen LogP contribution in [0.1, 0.15) is 723 Å². The molecule has 0 bridgehead atoms. The molecule has 8 nitrogen and oxygen atoms in total. The monoisotopic (exact) mass is 2190 g/mol. The Labute approximate surface area is 955 Å². The maximum absolute atomic E-state index is 6.50. The molecular formula is C130H248O8S8. The maximum Gasteiger partial charge on any atom is 0.159 e. The van der Waals surface area contributed by atoms with E-state index in [1.54, 1.807) is 0 Å². The van der Waals surface area contributed by atoms with Crippen LogP contribution < -0.4 is 0 Å². The van der Waals surface area contributed by atoms with Gasteiger partial charge in [0.05, 0.1) is 0 Å². The highest BCUT2D eigenvalue weighted by Gasteiger charge is 2.39. The quantitative estimate of drug-likeness (QED) is 0.0428. The number of rotatable bonds is 120. The number of unbranched alkanes of at least 4 members (excludes halogenated alkanes) is 88. The largest absolute Gasteiger partial charge is 0.486 e. The summed E-state index contributed by atoms with van der Waals surface area (Å²) >= 11 is 47.2. The minimum Gasteiger partial charge on any atom is -0.486 e. The second-order valence-corrected chi connectivity index (χ2v) is 49.0. The van der Waals surface area contributed by atoms with E-state index in [0.717, 1.165) is 103 Å². The Kier molecular flexibility index (Phi) is 124. The summed E-state index contributed by atoms with van der Waals surface area (Å²) in [7, 11) is 0. The third-order valence-corrected chi connectivity index (χ3v) is 32.8. The van der Waals surface area contributed by atoms with Crippen LogP contribution in [0.25, 0.3) is 0 Å². The molecule has 0 amide bonds. The van der Waals surface area contributed by atoms with Crippen LogP contribution in [0.4, 0.5) is 0 Å². The molecule has 146 heavy (non-hydrogen) atoms. The molecule has 0 spiro atoms. The van der Waals surface area contributed by atoms with Gasteiger partial charge < -0.3 is 37.9 Å². The first-order chi connectivity index (χ1) is 71.6. The molecule has 0 radical (unpaired) electrons. The van der Waals surface area contributed by atoms with Crippen molar-refractivity contribution >= 4 is 138 Å². The van der Waals surface area contributed by atoms with E-state index in [1.165, 1.54) is 565 Å². The number of hydrogen-bond donors (Lipinski definition) is 0. The van der Waals surface area contributed by atoms with Gasteiger partial charge in [-0.15, -0.1) is 0 Å². The van der Waals surface area contributed by atoms with Crippen molar-refractivity contribution in [2.45, 2.75) is 723 Å². The van der Waals surface area contributed by atoms with Crippen LogP contribution in [0.15, 0.2) is 0 Å². The topological polar surface area (TPSA) is 73.8 Å². The van der Waals surface area contributed by atoms with E-state index >= 15 is 0 Å². The molecule has 0 fully saturated rings. The van der Waals surface area contributed by atoms with E-state index < -0.39 is 10.8 Å². The van der Waals surface area contributed by atoms with Gasteiger partial charge in [-0.25, -0.2) is 0 Å². The van der Waals surface area contributed by atoms with Gasteiger partial charge >= 0.3 is 0 Å². The van der Waals surface area contributed by atoms with E-state index in [9.17, 15) is 0 Å². The van der Waals surface area contributed by atoms with Crippen LogP contribution in [0.2, 0.25) is 0 Å². The Morgan fingerprint density at radius 3 is 0.233 bits per heavy atom. The van der Waals surface area contributed by atoms with Crippen molar-refractivity contribution in [3.8, 4) is 0 Å². The molecule has 16 heteroatoms. The standard InChI is InChI=1S/2C65H124O4S4/c2*1-5-9-13-17-21-25-29-33-37-41-45-49-53-61(70)66-57-65(58-67-62(71)54-50-46-42-38-34-30-26-22-18-14-10-6-2,59-68-63(72)55-51-47-43-39-35-31-27-23-19-15-11-7-3)60-69-64(73)56-52-48-44-40-36-32-28-24-20-16-12-8-4/h2*5-60H2,1-4H3. The Morgan fingerprint density at radius 2 is 0.164 bits per heavy atom. The molecule has 0 aliphatic carbocycles. The summed E-state index contributed by atoms with van der Waals surface area (Å²) < 4.78 is 52.0. The van der Waals surface area contributed by atoms with Crippen molar-refractivity contribution < 1.29 is 37.9 Å². The summed E-state index contributed by atoms with van der Waals surface area (Å²) in [5.74, 6) is 0. The minimum absolute atomic E-state index is 0.327. The zero-order chi connectivity index (χ0) is 106. The van der Waals surface area contributed by atoms with Crippen molar-refractivity contribution in [2.75, 3.05) is 52.9 Å². The summed E-state index contributed by atoms with van der Waals surface area (Å²) in [6.07, 6.45) is 133. The van der Waals surface area contributed by atoms with Gasteiger partial charge in [0, 0.05) is 51.4 Å². The lowest BCUT2D eigenvalue weighted by Crippen LogP contribution is -2.43. The number of thiocarbonyl (C=S) groups is 8. The molecule has 0 heterocycles. The SMILES string of the molecule is CCCCCCCCCCCCCCC(=S)OCC(COC(=S)CCCCCCCCCCCCCC)(COC(=S)CCCCCCCCCCCCCC)COC(=S)CCCCCCCCCCCCCC.CCCCCCCCCCCCCCC(=S)OCC(COC(=S)CCCCCCCCCCCCCC)(COC(=S)CCCCCCCCCCCCCC)COC(=S)CCCCCCCCCCCCCC. The third kappa shape index (κ3) is 114. The molecule has 864 valence electrons. The van der Waals surface area contributed by atoms with Crippen LogP contribution in [-0.4, -0.2) is 93.3 Å². The Hall–Kier alpha value is -0.880. The molecule has 0 saturated heterocycles. The fourth-order valence-corrected chi connectivity index (χ4v) is 21.5. The third-order valence-electron chi connectivity index (χ3n) is 30.2. The van der Waals surface area contributed by atoms with Crippen molar-refractivity contribution in [1.82, 2.24) is 0 Å². The summed E-state index contributed by atoms with van der Waals surface area (Å²) in [4.78, 5) is 0.